The molecule has 112 valence electrons. The van der Waals surface area contributed by atoms with Crippen molar-refractivity contribution >= 4 is 28.4 Å². The van der Waals surface area contributed by atoms with Gasteiger partial charge in [0.05, 0.1) is 11.1 Å². The molecular weight excluding hydrogens is 303 g/mol. The molecule has 3 nitrogen and oxygen atoms in total. The number of para-hydroxylation sites is 1. The first-order valence-corrected chi connectivity index (χ1v) is 7.27. The van der Waals surface area contributed by atoms with Crippen molar-refractivity contribution in [2.24, 2.45) is 0 Å². The van der Waals surface area contributed by atoms with Gasteiger partial charge in [0.15, 0.2) is 0 Å². The van der Waals surface area contributed by atoms with Gasteiger partial charge in [-0.15, -0.1) is 0 Å². The van der Waals surface area contributed by atoms with Gasteiger partial charge in [0, 0.05) is 16.5 Å². The van der Waals surface area contributed by atoms with Crippen LogP contribution in [0.15, 0.2) is 48.5 Å². The van der Waals surface area contributed by atoms with Crippen molar-refractivity contribution in [2.75, 3.05) is 0 Å². The molecule has 0 bridgehead atoms. The third-order valence-corrected chi connectivity index (χ3v) is 3.98. The fourth-order valence-corrected chi connectivity index (χ4v) is 2.73. The maximum absolute atomic E-state index is 13.8. The van der Waals surface area contributed by atoms with Crippen LogP contribution in [0.4, 0.5) is 4.39 Å². The zero-order valence-electron chi connectivity index (χ0n) is 11.9. The Hall–Kier alpha value is -2.33. The number of hydrogen-bond donors (Lipinski definition) is 2. The van der Waals surface area contributed by atoms with Gasteiger partial charge < -0.3 is 10.3 Å². The molecule has 0 saturated heterocycles. The third kappa shape index (κ3) is 2.57. The van der Waals surface area contributed by atoms with E-state index in [4.69, 9.17) is 11.6 Å². The van der Waals surface area contributed by atoms with Gasteiger partial charge in [-0.1, -0.05) is 48.0 Å². The fraction of sp³-hybridized carbons (Fsp3) is 0.118. The van der Waals surface area contributed by atoms with Crippen molar-refractivity contribution in [3.8, 4) is 0 Å². The summed E-state index contributed by atoms with van der Waals surface area (Å²) in [6, 6.07) is 13.3. The van der Waals surface area contributed by atoms with Crippen molar-refractivity contribution < 1.29 is 9.18 Å². The van der Waals surface area contributed by atoms with E-state index in [0.717, 1.165) is 10.9 Å². The number of H-pyrrole nitrogens is 1. The molecule has 0 radical (unpaired) electrons. The number of nitrogens with one attached hydrogen (secondary N) is 2. The second-order valence-electron chi connectivity index (χ2n) is 5.08. The van der Waals surface area contributed by atoms with Gasteiger partial charge in [-0.05, 0) is 19.1 Å². The molecule has 1 aromatic heterocycles. The second-order valence-corrected chi connectivity index (χ2v) is 5.45. The zero-order valence-corrected chi connectivity index (χ0v) is 12.6. The number of hydrogen-bond acceptors (Lipinski definition) is 1. The first kappa shape index (κ1) is 14.6. The summed E-state index contributed by atoms with van der Waals surface area (Å²) in [5.41, 5.74) is 1.50. The molecule has 1 amide bonds. The van der Waals surface area contributed by atoms with Crippen LogP contribution < -0.4 is 5.32 Å². The number of fused-ring (bicyclic) bond motifs is 1. The molecule has 2 aromatic carbocycles. The highest BCUT2D eigenvalue weighted by molar-refractivity contribution is 6.38. The first-order chi connectivity index (χ1) is 10.6. The highest BCUT2D eigenvalue weighted by Crippen LogP contribution is 2.27. The van der Waals surface area contributed by atoms with Gasteiger partial charge in [0.25, 0.3) is 5.91 Å². The van der Waals surface area contributed by atoms with Crippen molar-refractivity contribution in [1.29, 1.82) is 0 Å². The smallest absolute Gasteiger partial charge is 0.269 e. The molecule has 1 atom stereocenters. The number of rotatable bonds is 3. The van der Waals surface area contributed by atoms with Crippen LogP contribution in [-0.2, 0) is 0 Å². The molecule has 0 spiro atoms. The van der Waals surface area contributed by atoms with E-state index in [0.29, 0.717) is 10.6 Å². The van der Waals surface area contributed by atoms with Crippen LogP contribution in [0.5, 0.6) is 0 Å². The van der Waals surface area contributed by atoms with Crippen LogP contribution in [0.2, 0.25) is 5.02 Å². The number of carbonyl (C=O) groups excluding carboxylic acids is 1. The Morgan fingerprint density at radius 2 is 1.86 bits per heavy atom. The molecule has 3 rings (SSSR count). The predicted molar refractivity (Wildman–Crippen MR) is 85.6 cm³/mol. The Bertz CT molecular complexity index is 844. The van der Waals surface area contributed by atoms with Gasteiger partial charge in [0.2, 0.25) is 0 Å². The summed E-state index contributed by atoms with van der Waals surface area (Å²) in [6.45, 7) is 1.73. The molecule has 0 aliphatic rings. The van der Waals surface area contributed by atoms with Gasteiger partial charge in [-0.25, -0.2) is 4.39 Å². The van der Waals surface area contributed by atoms with Crippen LogP contribution in [0.25, 0.3) is 10.9 Å². The summed E-state index contributed by atoms with van der Waals surface area (Å²) in [5, 5.41) is 3.91. The van der Waals surface area contributed by atoms with E-state index in [9.17, 15) is 9.18 Å². The quantitative estimate of drug-likeness (QED) is 0.736. The molecule has 5 heteroatoms. The Labute approximate surface area is 132 Å². The lowest BCUT2D eigenvalue weighted by Gasteiger charge is -2.14. The molecule has 0 saturated carbocycles. The Kier molecular flexibility index (Phi) is 3.86. The highest BCUT2D eigenvalue weighted by Gasteiger charge is 2.19. The van der Waals surface area contributed by atoms with Crippen LogP contribution in [-0.4, -0.2) is 10.9 Å². The molecule has 0 aliphatic carbocycles. The average Bonchev–Trinajstić information content (AvgIpc) is 2.85. The Morgan fingerprint density at radius 1 is 1.18 bits per heavy atom. The molecule has 0 fully saturated rings. The van der Waals surface area contributed by atoms with Gasteiger partial charge in [-0.2, -0.15) is 0 Å². The summed E-state index contributed by atoms with van der Waals surface area (Å²) in [4.78, 5) is 15.4. The minimum atomic E-state index is -0.462. The predicted octanol–water partition coefficient (Wildman–Crippen LogP) is 4.45. The lowest BCUT2D eigenvalue weighted by molar-refractivity contribution is 0.0935. The number of amides is 1. The maximum Gasteiger partial charge on any atom is 0.269 e. The van der Waals surface area contributed by atoms with E-state index in [1.165, 1.54) is 6.07 Å². The SMILES string of the molecule is C[C@@H](NC(=O)c1[nH]c2ccccc2c1Cl)c1ccccc1F. The Balaban J connectivity index is 1.87. The summed E-state index contributed by atoms with van der Waals surface area (Å²) >= 11 is 6.25. The van der Waals surface area contributed by atoms with Crippen LogP contribution in [0.3, 0.4) is 0 Å². The van der Waals surface area contributed by atoms with Crippen molar-refractivity contribution in [3.05, 3.63) is 70.6 Å². The Morgan fingerprint density at radius 3 is 2.59 bits per heavy atom. The van der Waals surface area contributed by atoms with Gasteiger partial charge >= 0.3 is 0 Å². The summed E-state index contributed by atoms with van der Waals surface area (Å²) in [7, 11) is 0. The number of aromatic amines is 1. The summed E-state index contributed by atoms with van der Waals surface area (Å²) in [6.07, 6.45) is 0. The molecular formula is C17H14ClFN2O. The van der Waals surface area contributed by atoms with Crippen LogP contribution in [0.1, 0.15) is 29.0 Å². The third-order valence-electron chi connectivity index (χ3n) is 3.59. The van der Waals surface area contributed by atoms with Crippen LogP contribution >= 0.6 is 11.6 Å². The van der Waals surface area contributed by atoms with Gasteiger partial charge in [0.1, 0.15) is 11.5 Å². The van der Waals surface area contributed by atoms with E-state index in [1.54, 1.807) is 25.1 Å². The minimum absolute atomic E-state index is 0.283. The largest absolute Gasteiger partial charge is 0.349 e. The molecule has 3 aromatic rings. The van der Waals surface area contributed by atoms with E-state index in [1.807, 2.05) is 24.3 Å². The molecule has 0 unspecified atom stereocenters. The van der Waals surface area contributed by atoms with E-state index in [-0.39, 0.29) is 17.4 Å². The van der Waals surface area contributed by atoms with E-state index >= 15 is 0 Å². The number of benzene rings is 2. The minimum Gasteiger partial charge on any atom is -0.349 e. The lowest BCUT2D eigenvalue weighted by atomic mass is 10.1. The van der Waals surface area contributed by atoms with Crippen LogP contribution in [0, 0.1) is 5.82 Å². The topological polar surface area (TPSA) is 44.9 Å². The second kappa shape index (κ2) is 5.81. The van der Waals surface area contributed by atoms with E-state index < -0.39 is 6.04 Å². The number of halogens is 2. The highest BCUT2D eigenvalue weighted by atomic mass is 35.5. The standard InChI is InChI=1S/C17H14ClFN2O/c1-10(11-6-2-4-8-13(11)19)20-17(22)16-15(18)12-7-3-5-9-14(12)21-16/h2-10,21H,1H3,(H,20,22)/t10-/m1/s1. The van der Waals surface area contributed by atoms with E-state index in [2.05, 4.69) is 10.3 Å². The van der Waals surface area contributed by atoms with Crippen molar-refractivity contribution in [2.45, 2.75) is 13.0 Å². The average molecular weight is 317 g/mol. The molecule has 1 heterocycles. The van der Waals surface area contributed by atoms with Crippen molar-refractivity contribution in [1.82, 2.24) is 10.3 Å². The molecule has 22 heavy (non-hydrogen) atoms. The number of carbonyl (C=O) groups is 1. The first-order valence-electron chi connectivity index (χ1n) is 6.89. The molecule has 0 aliphatic heterocycles. The maximum atomic E-state index is 13.8. The summed E-state index contributed by atoms with van der Waals surface area (Å²) in [5.74, 6) is -0.713. The number of aromatic nitrogens is 1. The van der Waals surface area contributed by atoms with Gasteiger partial charge in [-0.3, -0.25) is 4.79 Å². The lowest BCUT2D eigenvalue weighted by Crippen LogP contribution is -2.27. The van der Waals surface area contributed by atoms with Crippen molar-refractivity contribution in [3.63, 3.8) is 0 Å². The fourth-order valence-electron chi connectivity index (χ4n) is 2.44. The summed E-state index contributed by atoms with van der Waals surface area (Å²) < 4.78 is 13.8. The zero-order chi connectivity index (χ0) is 15.7. The molecule has 2 N–H and O–H groups in total. The monoisotopic (exact) mass is 316 g/mol. The normalized spacial score (nSPS) is 12.3.